The van der Waals surface area contributed by atoms with Crippen molar-refractivity contribution in [3.8, 4) is 11.3 Å². The van der Waals surface area contributed by atoms with Crippen molar-refractivity contribution in [2.24, 2.45) is 0 Å². The standard InChI is InChI=1S/C19H12F3N3O3S2/c20-19(21,22)12-5-4-11-7-13(18(26)25-14(11)8-12)15-9-29-16(24-15)10-30(27,28)17-3-1-2-6-23-17/h1-9H,10H2,(H,25,26). The number of aromatic amines is 1. The molecule has 30 heavy (non-hydrogen) atoms. The van der Waals surface area contributed by atoms with Crippen LogP contribution in [0.25, 0.3) is 22.2 Å². The Morgan fingerprint density at radius 2 is 1.90 bits per heavy atom. The Labute approximate surface area is 172 Å². The molecule has 1 N–H and O–H groups in total. The topological polar surface area (TPSA) is 92.8 Å². The van der Waals surface area contributed by atoms with Gasteiger partial charge in [0.2, 0.25) is 9.84 Å². The van der Waals surface area contributed by atoms with Crippen LogP contribution < -0.4 is 5.56 Å². The van der Waals surface area contributed by atoms with Gasteiger partial charge in [0.15, 0.2) is 5.03 Å². The van der Waals surface area contributed by atoms with E-state index in [9.17, 15) is 26.4 Å². The van der Waals surface area contributed by atoms with E-state index < -0.39 is 27.1 Å². The number of fused-ring (bicyclic) bond motifs is 1. The third-order valence-corrected chi connectivity index (χ3v) is 6.83. The van der Waals surface area contributed by atoms with Crippen molar-refractivity contribution in [1.82, 2.24) is 15.0 Å². The third-order valence-electron chi connectivity index (χ3n) is 4.27. The highest BCUT2D eigenvalue weighted by Gasteiger charge is 2.30. The number of halogens is 3. The molecule has 11 heteroatoms. The molecule has 6 nitrogen and oxygen atoms in total. The molecule has 0 fully saturated rings. The fraction of sp³-hybridized carbons (Fsp3) is 0.105. The fourth-order valence-electron chi connectivity index (χ4n) is 2.84. The first-order valence-corrected chi connectivity index (χ1v) is 11.0. The average Bonchev–Trinajstić information content (AvgIpc) is 3.14. The predicted molar refractivity (Wildman–Crippen MR) is 106 cm³/mol. The SMILES string of the molecule is O=c1[nH]c2cc(C(F)(F)F)ccc2cc1-c1csc(CS(=O)(=O)c2ccccn2)n1. The summed E-state index contributed by atoms with van der Waals surface area (Å²) in [6.07, 6.45) is -3.15. The molecule has 3 heterocycles. The summed E-state index contributed by atoms with van der Waals surface area (Å²) in [6, 6.07) is 9.03. The van der Waals surface area contributed by atoms with Gasteiger partial charge in [-0.05, 0) is 35.7 Å². The number of aromatic nitrogens is 3. The van der Waals surface area contributed by atoms with Crippen LogP contribution in [-0.4, -0.2) is 23.4 Å². The molecule has 0 aliphatic heterocycles. The Hall–Kier alpha value is -3.05. The molecule has 0 aliphatic rings. The molecule has 0 radical (unpaired) electrons. The van der Waals surface area contributed by atoms with Crippen LogP contribution >= 0.6 is 11.3 Å². The van der Waals surface area contributed by atoms with E-state index in [1.54, 1.807) is 12.1 Å². The molecule has 0 saturated carbocycles. The van der Waals surface area contributed by atoms with Crippen LogP contribution in [0, 0.1) is 0 Å². The highest BCUT2D eigenvalue weighted by atomic mass is 32.2. The molecule has 0 saturated heterocycles. The van der Waals surface area contributed by atoms with Gasteiger partial charge in [0.05, 0.1) is 16.8 Å². The molecule has 0 atom stereocenters. The van der Waals surface area contributed by atoms with Crippen molar-refractivity contribution < 1.29 is 21.6 Å². The Kier molecular flexibility index (Phi) is 4.94. The lowest BCUT2D eigenvalue weighted by Gasteiger charge is -2.08. The molecule has 0 bridgehead atoms. The number of sulfone groups is 1. The number of pyridine rings is 2. The summed E-state index contributed by atoms with van der Waals surface area (Å²) in [6.45, 7) is 0. The maximum atomic E-state index is 12.9. The van der Waals surface area contributed by atoms with Crippen molar-refractivity contribution in [2.45, 2.75) is 17.0 Å². The van der Waals surface area contributed by atoms with Gasteiger partial charge in [-0.3, -0.25) is 4.79 Å². The highest BCUT2D eigenvalue weighted by molar-refractivity contribution is 7.90. The molecule has 3 aromatic heterocycles. The minimum Gasteiger partial charge on any atom is -0.321 e. The van der Waals surface area contributed by atoms with E-state index in [0.29, 0.717) is 5.39 Å². The van der Waals surface area contributed by atoms with Crippen LogP contribution in [0.15, 0.2) is 63.9 Å². The van der Waals surface area contributed by atoms with Crippen LogP contribution in [0.1, 0.15) is 10.6 Å². The number of nitrogens with one attached hydrogen (secondary N) is 1. The van der Waals surface area contributed by atoms with E-state index in [0.717, 1.165) is 23.5 Å². The molecule has 154 valence electrons. The molecule has 4 rings (SSSR count). The summed E-state index contributed by atoms with van der Waals surface area (Å²) in [7, 11) is -3.70. The normalized spacial score (nSPS) is 12.4. The van der Waals surface area contributed by atoms with E-state index in [-0.39, 0.29) is 32.6 Å². The quantitative estimate of drug-likeness (QED) is 0.506. The summed E-state index contributed by atoms with van der Waals surface area (Å²) in [4.78, 5) is 22.9. The minimum atomic E-state index is -4.52. The van der Waals surface area contributed by atoms with Gasteiger partial charge in [-0.1, -0.05) is 12.1 Å². The number of benzene rings is 1. The smallest absolute Gasteiger partial charge is 0.321 e. The number of H-pyrrole nitrogens is 1. The minimum absolute atomic E-state index is 0.0479. The Balaban J connectivity index is 1.68. The van der Waals surface area contributed by atoms with Gasteiger partial charge in [0.25, 0.3) is 5.56 Å². The average molecular weight is 451 g/mol. The summed E-state index contributed by atoms with van der Waals surface area (Å²) in [5, 5.41) is 2.12. The Bertz CT molecular complexity index is 1400. The molecule has 0 amide bonds. The molecule has 0 unspecified atom stereocenters. The molecule has 4 aromatic rings. The number of nitrogens with zero attached hydrogens (tertiary/aromatic N) is 2. The van der Waals surface area contributed by atoms with Crippen molar-refractivity contribution >= 4 is 32.1 Å². The van der Waals surface area contributed by atoms with Gasteiger partial charge < -0.3 is 4.98 Å². The van der Waals surface area contributed by atoms with Crippen LogP contribution in [-0.2, 0) is 21.8 Å². The van der Waals surface area contributed by atoms with Crippen molar-refractivity contribution in [2.75, 3.05) is 0 Å². The van der Waals surface area contributed by atoms with Gasteiger partial charge in [0, 0.05) is 17.1 Å². The van der Waals surface area contributed by atoms with Gasteiger partial charge in [-0.25, -0.2) is 18.4 Å². The van der Waals surface area contributed by atoms with Gasteiger partial charge in [0.1, 0.15) is 10.8 Å². The lowest BCUT2D eigenvalue weighted by Crippen LogP contribution is -2.11. The first-order valence-electron chi connectivity index (χ1n) is 8.46. The second kappa shape index (κ2) is 7.33. The monoisotopic (exact) mass is 451 g/mol. The molecular formula is C19H12F3N3O3S2. The molecular weight excluding hydrogens is 439 g/mol. The van der Waals surface area contributed by atoms with Crippen LogP contribution in [0.5, 0.6) is 0 Å². The van der Waals surface area contributed by atoms with Crippen molar-refractivity contribution in [3.63, 3.8) is 0 Å². The van der Waals surface area contributed by atoms with Crippen molar-refractivity contribution in [1.29, 1.82) is 0 Å². The third kappa shape index (κ3) is 3.98. The van der Waals surface area contributed by atoms with Gasteiger partial charge in [-0.15, -0.1) is 11.3 Å². The summed E-state index contributed by atoms with van der Waals surface area (Å²) in [5.74, 6) is -0.380. The van der Waals surface area contributed by atoms with Crippen molar-refractivity contribution in [3.05, 3.63) is 75.0 Å². The van der Waals surface area contributed by atoms with E-state index in [4.69, 9.17) is 0 Å². The maximum Gasteiger partial charge on any atom is 0.416 e. The zero-order valence-corrected chi connectivity index (χ0v) is 16.6. The maximum absolute atomic E-state index is 12.9. The first kappa shape index (κ1) is 20.2. The van der Waals surface area contributed by atoms with E-state index >= 15 is 0 Å². The van der Waals surface area contributed by atoms with Crippen LogP contribution in [0.2, 0.25) is 0 Å². The number of alkyl halides is 3. The number of hydrogen-bond donors (Lipinski definition) is 1. The first-order chi connectivity index (χ1) is 14.1. The Morgan fingerprint density at radius 1 is 1.10 bits per heavy atom. The second-order valence-electron chi connectivity index (χ2n) is 6.37. The summed E-state index contributed by atoms with van der Waals surface area (Å²) >= 11 is 1.07. The lowest BCUT2D eigenvalue weighted by atomic mass is 10.1. The molecule has 0 aliphatic carbocycles. The zero-order chi connectivity index (χ0) is 21.5. The van der Waals surface area contributed by atoms with E-state index in [2.05, 4.69) is 15.0 Å². The largest absolute Gasteiger partial charge is 0.416 e. The van der Waals surface area contributed by atoms with Crippen LogP contribution in [0.4, 0.5) is 13.2 Å². The summed E-state index contributed by atoms with van der Waals surface area (Å²) < 4.78 is 63.5. The summed E-state index contributed by atoms with van der Waals surface area (Å²) in [5.41, 5.74) is -1.05. The lowest BCUT2D eigenvalue weighted by molar-refractivity contribution is -0.137. The highest BCUT2D eigenvalue weighted by Crippen LogP contribution is 2.31. The molecule has 0 spiro atoms. The van der Waals surface area contributed by atoms with Crippen LogP contribution in [0.3, 0.4) is 0 Å². The molecule has 1 aromatic carbocycles. The fourth-order valence-corrected chi connectivity index (χ4v) is 5.20. The van der Waals surface area contributed by atoms with Gasteiger partial charge in [-0.2, -0.15) is 13.2 Å². The predicted octanol–water partition coefficient (Wildman–Crippen LogP) is 4.04. The number of rotatable bonds is 4. The number of hydrogen-bond acceptors (Lipinski definition) is 6. The Morgan fingerprint density at radius 3 is 2.60 bits per heavy atom. The van der Waals surface area contributed by atoms with E-state index in [1.165, 1.54) is 29.8 Å². The zero-order valence-electron chi connectivity index (χ0n) is 15.0. The number of thiazole rings is 1. The van der Waals surface area contributed by atoms with E-state index in [1.807, 2.05) is 0 Å². The second-order valence-corrected chi connectivity index (χ2v) is 9.24. The van der Waals surface area contributed by atoms with Gasteiger partial charge >= 0.3 is 6.18 Å².